The van der Waals surface area contributed by atoms with Gasteiger partial charge >= 0.3 is 0 Å². The first-order valence-corrected chi connectivity index (χ1v) is 9.87. The Morgan fingerprint density at radius 3 is 2.42 bits per heavy atom. The molecule has 140 valence electrons. The molecule has 2 aromatic rings. The third-order valence-electron chi connectivity index (χ3n) is 3.66. The van der Waals surface area contributed by atoms with Crippen molar-refractivity contribution < 1.29 is 17.9 Å². The molecule has 0 aliphatic heterocycles. The number of amides is 1. The molecule has 0 unspecified atom stereocenters. The molecule has 0 aromatic heterocycles. The zero-order valence-corrected chi connectivity index (χ0v) is 15.9. The summed E-state index contributed by atoms with van der Waals surface area (Å²) < 4.78 is 31.9. The van der Waals surface area contributed by atoms with Crippen LogP contribution in [0.1, 0.15) is 17.5 Å². The maximum absolute atomic E-state index is 12.2. The third-order valence-corrected chi connectivity index (χ3v) is 5.63. The van der Waals surface area contributed by atoms with E-state index in [4.69, 9.17) is 16.3 Å². The van der Waals surface area contributed by atoms with Crippen molar-refractivity contribution in [1.82, 2.24) is 10.0 Å². The number of methoxy groups -OCH3 is 1. The Bertz CT molecular complexity index is 856. The molecule has 0 aliphatic carbocycles. The minimum atomic E-state index is -3.75. The maximum Gasteiger partial charge on any atom is 0.242 e. The van der Waals surface area contributed by atoms with Crippen molar-refractivity contribution in [3.63, 3.8) is 0 Å². The average molecular weight is 397 g/mol. The zero-order chi connectivity index (χ0) is 19.0. The quantitative estimate of drug-likeness (QED) is 0.682. The Kier molecular flexibility index (Phi) is 7.59. The number of ether oxygens (including phenoxy) is 1. The van der Waals surface area contributed by atoms with Gasteiger partial charge in [-0.1, -0.05) is 48.0 Å². The molecular formula is C18H21ClN2O4S. The Balaban J connectivity index is 1.83. The number of carbonyl (C=O) groups excluding carboxylic acids is 1. The molecule has 0 aliphatic rings. The highest BCUT2D eigenvalue weighted by molar-refractivity contribution is 7.89. The number of benzene rings is 2. The van der Waals surface area contributed by atoms with Gasteiger partial charge in [0.2, 0.25) is 15.9 Å². The van der Waals surface area contributed by atoms with E-state index >= 15 is 0 Å². The number of hydrogen-bond acceptors (Lipinski definition) is 4. The summed E-state index contributed by atoms with van der Waals surface area (Å²) in [4.78, 5) is 12.0. The molecule has 0 heterocycles. The molecular weight excluding hydrogens is 376 g/mol. The summed E-state index contributed by atoms with van der Waals surface area (Å²) in [5, 5.41) is 2.92. The smallest absolute Gasteiger partial charge is 0.242 e. The first-order valence-electron chi connectivity index (χ1n) is 8.00. The number of halogens is 1. The van der Waals surface area contributed by atoms with Crippen LogP contribution in [0.15, 0.2) is 53.4 Å². The fourth-order valence-corrected chi connectivity index (χ4v) is 3.90. The molecule has 2 aromatic carbocycles. The van der Waals surface area contributed by atoms with E-state index in [9.17, 15) is 13.2 Å². The zero-order valence-electron chi connectivity index (χ0n) is 14.4. The Morgan fingerprint density at radius 1 is 1.08 bits per heavy atom. The molecule has 0 saturated heterocycles. The highest BCUT2D eigenvalue weighted by Crippen LogP contribution is 2.19. The van der Waals surface area contributed by atoms with Crippen LogP contribution in [0, 0.1) is 0 Å². The minimum Gasteiger partial charge on any atom is -0.380 e. The molecule has 0 atom stereocenters. The van der Waals surface area contributed by atoms with Crippen LogP contribution in [0.2, 0.25) is 5.02 Å². The van der Waals surface area contributed by atoms with Gasteiger partial charge in [0.25, 0.3) is 0 Å². The van der Waals surface area contributed by atoms with E-state index in [1.165, 1.54) is 12.1 Å². The summed E-state index contributed by atoms with van der Waals surface area (Å²) in [5.74, 6) is -0.251. The van der Waals surface area contributed by atoms with Gasteiger partial charge in [-0.25, -0.2) is 13.1 Å². The monoisotopic (exact) mass is 396 g/mol. The van der Waals surface area contributed by atoms with Crippen LogP contribution in [0.25, 0.3) is 0 Å². The predicted octanol–water partition coefficient (Wildman–Crippen LogP) is 2.47. The Labute approximate surface area is 158 Å². The van der Waals surface area contributed by atoms with Gasteiger partial charge in [0.15, 0.2) is 0 Å². The molecule has 0 fully saturated rings. The summed E-state index contributed by atoms with van der Waals surface area (Å²) in [6.45, 7) is 0.804. The van der Waals surface area contributed by atoms with E-state index in [0.717, 1.165) is 11.1 Å². The lowest BCUT2D eigenvalue weighted by Gasteiger charge is -2.11. The summed E-state index contributed by atoms with van der Waals surface area (Å²) in [6, 6.07) is 13.8. The summed E-state index contributed by atoms with van der Waals surface area (Å²) in [7, 11) is -2.13. The second kappa shape index (κ2) is 9.68. The van der Waals surface area contributed by atoms with E-state index in [1.807, 2.05) is 24.3 Å². The van der Waals surface area contributed by atoms with Gasteiger partial charge in [-0.15, -0.1) is 0 Å². The number of carbonyl (C=O) groups is 1. The minimum absolute atomic E-state index is 0.00410. The van der Waals surface area contributed by atoms with Crippen LogP contribution >= 0.6 is 11.6 Å². The van der Waals surface area contributed by atoms with Crippen LogP contribution < -0.4 is 10.0 Å². The van der Waals surface area contributed by atoms with Gasteiger partial charge in [-0.2, -0.15) is 0 Å². The highest BCUT2D eigenvalue weighted by atomic mass is 35.5. The summed E-state index contributed by atoms with van der Waals surface area (Å²) in [5.41, 5.74) is 1.95. The van der Waals surface area contributed by atoms with E-state index in [-0.39, 0.29) is 28.8 Å². The largest absolute Gasteiger partial charge is 0.380 e. The van der Waals surface area contributed by atoms with Crippen molar-refractivity contribution in [2.45, 2.75) is 24.5 Å². The van der Waals surface area contributed by atoms with Gasteiger partial charge in [-0.3, -0.25) is 4.79 Å². The van der Waals surface area contributed by atoms with Crippen LogP contribution in [0.3, 0.4) is 0 Å². The van der Waals surface area contributed by atoms with Gasteiger partial charge in [0.1, 0.15) is 4.90 Å². The third kappa shape index (κ3) is 5.81. The molecule has 6 nitrogen and oxygen atoms in total. The van der Waals surface area contributed by atoms with E-state index in [0.29, 0.717) is 13.2 Å². The SMILES string of the molecule is COCc1ccccc1CNC(=O)CCNS(=O)(=O)c1ccccc1Cl. The molecule has 0 radical (unpaired) electrons. The fourth-order valence-electron chi connectivity index (χ4n) is 2.35. The molecule has 8 heteroatoms. The fraction of sp³-hybridized carbons (Fsp3) is 0.278. The number of rotatable bonds is 9. The second-order valence-electron chi connectivity index (χ2n) is 5.56. The number of nitrogens with one attached hydrogen (secondary N) is 2. The van der Waals surface area contributed by atoms with Crippen molar-refractivity contribution in [3.8, 4) is 0 Å². The van der Waals surface area contributed by atoms with E-state index in [2.05, 4.69) is 10.0 Å². The first kappa shape index (κ1) is 20.4. The summed E-state index contributed by atoms with van der Waals surface area (Å²) in [6.07, 6.45) is 0.0239. The lowest BCUT2D eigenvalue weighted by atomic mass is 10.1. The van der Waals surface area contributed by atoms with E-state index < -0.39 is 10.0 Å². The number of hydrogen-bond donors (Lipinski definition) is 2. The maximum atomic E-state index is 12.2. The average Bonchev–Trinajstić information content (AvgIpc) is 2.61. The van der Waals surface area contributed by atoms with Gasteiger partial charge in [-0.05, 0) is 23.3 Å². The lowest BCUT2D eigenvalue weighted by Crippen LogP contribution is -2.30. The highest BCUT2D eigenvalue weighted by Gasteiger charge is 2.17. The van der Waals surface area contributed by atoms with Crippen molar-refractivity contribution >= 4 is 27.5 Å². The van der Waals surface area contributed by atoms with Crippen molar-refractivity contribution in [2.24, 2.45) is 0 Å². The predicted molar refractivity (Wildman–Crippen MR) is 100 cm³/mol. The van der Waals surface area contributed by atoms with Gasteiger partial charge in [0.05, 0.1) is 11.6 Å². The van der Waals surface area contributed by atoms with Crippen molar-refractivity contribution in [1.29, 1.82) is 0 Å². The van der Waals surface area contributed by atoms with Crippen molar-refractivity contribution in [2.75, 3.05) is 13.7 Å². The Hall–Kier alpha value is -1.93. The number of sulfonamides is 1. The van der Waals surface area contributed by atoms with Crippen LogP contribution in [0.5, 0.6) is 0 Å². The molecule has 2 N–H and O–H groups in total. The van der Waals surface area contributed by atoms with Crippen LogP contribution in [0.4, 0.5) is 0 Å². The van der Waals surface area contributed by atoms with Gasteiger partial charge in [0, 0.05) is 26.6 Å². The normalized spacial score (nSPS) is 11.3. The lowest BCUT2D eigenvalue weighted by molar-refractivity contribution is -0.121. The second-order valence-corrected chi connectivity index (χ2v) is 7.70. The topological polar surface area (TPSA) is 84.5 Å². The molecule has 0 bridgehead atoms. The van der Waals surface area contributed by atoms with Gasteiger partial charge < -0.3 is 10.1 Å². The molecule has 1 amide bonds. The molecule has 2 rings (SSSR count). The van der Waals surface area contributed by atoms with Crippen LogP contribution in [-0.2, 0) is 32.7 Å². The molecule has 0 saturated carbocycles. The van der Waals surface area contributed by atoms with Crippen molar-refractivity contribution in [3.05, 3.63) is 64.7 Å². The molecule has 0 spiro atoms. The van der Waals surface area contributed by atoms with Crippen LogP contribution in [-0.4, -0.2) is 28.0 Å². The standard InChI is InChI=1S/C18H21ClN2O4S/c1-25-13-15-7-3-2-6-14(15)12-20-18(22)10-11-21-26(23,24)17-9-5-4-8-16(17)19/h2-9,21H,10-13H2,1H3,(H,20,22). The first-order chi connectivity index (χ1) is 12.4. The molecule has 26 heavy (non-hydrogen) atoms. The Morgan fingerprint density at radius 2 is 1.73 bits per heavy atom. The summed E-state index contributed by atoms with van der Waals surface area (Å²) >= 11 is 5.90. The van der Waals surface area contributed by atoms with E-state index in [1.54, 1.807) is 19.2 Å².